The highest BCUT2D eigenvalue weighted by atomic mass is 32.1. The lowest BCUT2D eigenvalue weighted by Crippen LogP contribution is -2.34. The van der Waals surface area contributed by atoms with E-state index in [0.29, 0.717) is 0 Å². The highest BCUT2D eigenvalue weighted by Gasteiger charge is 2.23. The average Bonchev–Trinajstić information content (AvgIpc) is 2.71. The van der Waals surface area contributed by atoms with Crippen LogP contribution in [-0.4, -0.2) is 10.5 Å². The predicted octanol–water partition coefficient (Wildman–Crippen LogP) is 2.38. The van der Waals surface area contributed by atoms with Gasteiger partial charge in [-0.15, -0.1) is 11.3 Å². The van der Waals surface area contributed by atoms with Gasteiger partial charge in [0.25, 0.3) is 0 Å². The van der Waals surface area contributed by atoms with Crippen molar-refractivity contribution in [3.63, 3.8) is 0 Å². The molecule has 0 aliphatic heterocycles. The smallest absolute Gasteiger partial charge is 0.0931 e. The number of thiazole rings is 1. The molecular formula is C11H18N2S. The van der Waals surface area contributed by atoms with Crippen LogP contribution >= 0.6 is 11.3 Å². The summed E-state index contributed by atoms with van der Waals surface area (Å²) >= 11 is 1.79. The summed E-state index contributed by atoms with van der Waals surface area (Å²) in [5.41, 5.74) is 6.99. The first-order chi connectivity index (χ1) is 6.53. The third kappa shape index (κ3) is 3.07. The van der Waals surface area contributed by atoms with Gasteiger partial charge in [0, 0.05) is 23.8 Å². The molecule has 1 aliphatic rings. The normalized spacial score (nSPS) is 17.4. The molecule has 1 aromatic heterocycles. The van der Waals surface area contributed by atoms with E-state index in [1.54, 1.807) is 11.3 Å². The fraction of sp³-hybridized carbons (Fsp3) is 0.727. The molecule has 1 heterocycles. The summed E-state index contributed by atoms with van der Waals surface area (Å²) in [6.07, 6.45) is 4.87. The van der Waals surface area contributed by atoms with E-state index in [4.69, 9.17) is 5.73 Å². The van der Waals surface area contributed by atoms with E-state index < -0.39 is 0 Å². The van der Waals surface area contributed by atoms with Crippen LogP contribution in [0.2, 0.25) is 0 Å². The Hall–Kier alpha value is -0.410. The fourth-order valence-electron chi connectivity index (χ4n) is 1.56. The van der Waals surface area contributed by atoms with Gasteiger partial charge in [-0.2, -0.15) is 0 Å². The molecule has 1 saturated carbocycles. The van der Waals surface area contributed by atoms with Crippen molar-refractivity contribution in [1.82, 2.24) is 4.98 Å². The summed E-state index contributed by atoms with van der Waals surface area (Å²) in [6, 6.07) is 0. The van der Waals surface area contributed by atoms with Gasteiger partial charge in [-0.25, -0.2) is 4.98 Å². The monoisotopic (exact) mass is 210 g/mol. The summed E-state index contributed by atoms with van der Waals surface area (Å²) in [6.45, 7) is 4.10. The van der Waals surface area contributed by atoms with Gasteiger partial charge < -0.3 is 5.73 Å². The first-order valence-electron chi connectivity index (χ1n) is 5.25. The molecule has 0 spiro atoms. The number of hydrogen-bond donors (Lipinski definition) is 1. The van der Waals surface area contributed by atoms with Gasteiger partial charge in [0.15, 0.2) is 0 Å². The lowest BCUT2D eigenvalue weighted by Gasteiger charge is -2.16. The molecule has 0 atom stereocenters. The maximum atomic E-state index is 5.95. The minimum absolute atomic E-state index is 0.134. The molecule has 0 bridgehead atoms. The van der Waals surface area contributed by atoms with E-state index in [1.807, 2.05) is 13.8 Å². The third-order valence-electron chi connectivity index (χ3n) is 2.40. The molecule has 78 valence electrons. The van der Waals surface area contributed by atoms with Gasteiger partial charge in [0.2, 0.25) is 0 Å². The van der Waals surface area contributed by atoms with E-state index in [2.05, 4.69) is 10.4 Å². The van der Waals surface area contributed by atoms with Crippen molar-refractivity contribution < 1.29 is 0 Å². The summed E-state index contributed by atoms with van der Waals surface area (Å²) < 4.78 is 0. The number of hydrogen-bond acceptors (Lipinski definition) is 3. The first kappa shape index (κ1) is 10.1. The largest absolute Gasteiger partial charge is 0.325 e. The van der Waals surface area contributed by atoms with Crippen LogP contribution in [0, 0.1) is 5.92 Å². The number of rotatable bonds is 4. The van der Waals surface area contributed by atoms with Crippen LogP contribution in [0.4, 0.5) is 0 Å². The zero-order valence-electron chi connectivity index (χ0n) is 8.92. The topological polar surface area (TPSA) is 38.9 Å². The van der Waals surface area contributed by atoms with E-state index in [0.717, 1.165) is 18.0 Å². The number of nitrogens with zero attached hydrogens (tertiary/aromatic N) is 1. The van der Waals surface area contributed by atoms with Crippen LogP contribution in [-0.2, 0) is 12.8 Å². The lowest BCUT2D eigenvalue weighted by molar-refractivity contribution is 0.511. The molecule has 2 nitrogen and oxygen atoms in total. The quantitative estimate of drug-likeness (QED) is 0.828. The third-order valence-corrected chi connectivity index (χ3v) is 3.32. The highest BCUT2D eigenvalue weighted by Crippen LogP contribution is 2.33. The van der Waals surface area contributed by atoms with Crippen molar-refractivity contribution in [2.75, 3.05) is 0 Å². The molecule has 0 saturated heterocycles. The van der Waals surface area contributed by atoms with Crippen molar-refractivity contribution in [1.29, 1.82) is 0 Å². The molecule has 0 radical (unpaired) electrons. The Bertz CT molecular complexity index is 307. The highest BCUT2D eigenvalue weighted by molar-refractivity contribution is 7.09. The van der Waals surface area contributed by atoms with Gasteiger partial charge in [-0.1, -0.05) is 0 Å². The second-order valence-electron chi connectivity index (χ2n) is 5.05. The van der Waals surface area contributed by atoms with Crippen LogP contribution in [0.1, 0.15) is 37.4 Å². The van der Waals surface area contributed by atoms with E-state index in [-0.39, 0.29) is 5.54 Å². The summed E-state index contributed by atoms with van der Waals surface area (Å²) in [4.78, 5) is 4.61. The van der Waals surface area contributed by atoms with Crippen molar-refractivity contribution in [3.05, 3.63) is 16.1 Å². The predicted molar refractivity (Wildman–Crippen MR) is 60.5 cm³/mol. The fourth-order valence-corrected chi connectivity index (χ4v) is 2.47. The SMILES string of the molecule is CC(C)(N)Cc1csc(CC2CC2)n1. The van der Waals surface area contributed by atoms with Crippen molar-refractivity contribution >= 4 is 11.3 Å². The second-order valence-corrected chi connectivity index (χ2v) is 5.99. The van der Waals surface area contributed by atoms with Crippen molar-refractivity contribution in [2.24, 2.45) is 11.7 Å². The lowest BCUT2D eigenvalue weighted by atomic mass is 10.0. The number of aromatic nitrogens is 1. The minimum atomic E-state index is -0.134. The van der Waals surface area contributed by atoms with Crippen LogP contribution < -0.4 is 5.73 Å². The summed E-state index contributed by atoms with van der Waals surface area (Å²) in [5.74, 6) is 0.930. The van der Waals surface area contributed by atoms with Gasteiger partial charge >= 0.3 is 0 Å². The van der Waals surface area contributed by atoms with Crippen LogP contribution in [0.25, 0.3) is 0 Å². The van der Waals surface area contributed by atoms with Gasteiger partial charge in [-0.3, -0.25) is 0 Å². The summed E-state index contributed by atoms with van der Waals surface area (Å²) in [5, 5.41) is 3.46. The molecule has 2 rings (SSSR count). The second kappa shape index (κ2) is 3.63. The van der Waals surface area contributed by atoms with E-state index >= 15 is 0 Å². The molecule has 1 aromatic rings. The minimum Gasteiger partial charge on any atom is -0.325 e. The van der Waals surface area contributed by atoms with Gasteiger partial charge in [-0.05, 0) is 32.6 Å². The van der Waals surface area contributed by atoms with Gasteiger partial charge in [0.05, 0.1) is 10.7 Å². The summed E-state index contributed by atoms with van der Waals surface area (Å²) in [7, 11) is 0. The van der Waals surface area contributed by atoms with Crippen molar-refractivity contribution in [3.8, 4) is 0 Å². The first-order valence-corrected chi connectivity index (χ1v) is 6.13. The number of nitrogens with two attached hydrogens (primary N) is 1. The Morgan fingerprint density at radius 2 is 2.29 bits per heavy atom. The zero-order chi connectivity index (χ0) is 10.2. The van der Waals surface area contributed by atoms with Crippen LogP contribution in [0.3, 0.4) is 0 Å². The maximum Gasteiger partial charge on any atom is 0.0931 e. The average molecular weight is 210 g/mol. The van der Waals surface area contributed by atoms with E-state index in [9.17, 15) is 0 Å². The standard InChI is InChI=1S/C11H18N2S/c1-11(2,12)6-9-7-14-10(13-9)5-8-3-4-8/h7-8H,3-6,12H2,1-2H3. The maximum absolute atomic E-state index is 5.95. The molecule has 0 amide bonds. The van der Waals surface area contributed by atoms with Crippen LogP contribution in [0.5, 0.6) is 0 Å². The Morgan fingerprint density at radius 3 is 2.86 bits per heavy atom. The van der Waals surface area contributed by atoms with Crippen LogP contribution in [0.15, 0.2) is 5.38 Å². The molecule has 14 heavy (non-hydrogen) atoms. The Labute approximate surface area is 89.5 Å². The van der Waals surface area contributed by atoms with Gasteiger partial charge in [0.1, 0.15) is 0 Å². The Morgan fingerprint density at radius 1 is 1.57 bits per heavy atom. The molecule has 3 heteroatoms. The Kier molecular flexibility index (Phi) is 2.62. The molecule has 2 N–H and O–H groups in total. The molecule has 0 unspecified atom stereocenters. The molecular weight excluding hydrogens is 192 g/mol. The van der Waals surface area contributed by atoms with E-state index in [1.165, 1.54) is 24.3 Å². The Balaban J connectivity index is 1.94. The van der Waals surface area contributed by atoms with Crippen molar-refractivity contribution in [2.45, 2.75) is 45.1 Å². The molecule has 1 aliphatic carbocycles. The molecule has 1 fully saturated rings. The zero-order valence-corrected chi connectivity index (χ0v) is 9.73. The molecule has 0 aromatic carbocycles.